The van der Waals surface area contributed by atoms with Gasteiger partial charge in [0.2, 0.25) is 0 Å². The highest BCUT2D eigenvalue weighted by atomic mass is 16.5. The fourth-order valence-electron chi connectivity index (χ4n) is 3.46. The van der Waals surface area contributed by atoms with Crippen molar-refractivity contribution in [2.75, 3.05) is 35.5 Å². The standard InChI is InChI=1S/C27H28N6O3/c1-17-5-7-19(8-6-17)30-25-16-26(29-18(2)28-25)31-20-9-11-21(12-10-20)32-27(34)33-23-15-22(35-3)13-14-24(23)36-4/h5-16H,1-4H3,(H2,32,33,34)(H2,28,29,30,31). The summed E-state index contributed by atoms with van der Waals surface area (Å²) < 4.78 is 10.5. The van der Waals surface area contributed by atoms with Crippen LogP contribution in [0.1, 0.15) is 11.4 Å². The van der Waals surface area contributed by atoms with Crippen LogP contribution in [-0.4, -0.2) is 30.2 Å². The monoisotopic (exact) mass is 484 g/mol. The molecule has 9 nitrogen and oxygen atoms in total. The van der Waals surface area contributed by atoms with Crippen molar-refractivity contribution in [1.82, 2.24) is 9.97 Å². The molecule has 4 rings (SSSR count). The van der Waals surface area contributed by atoms with Crippen molar-refractivity contribution in [3.05, 3.63) is 84.2 Å². The molecular weight excluding hydrogens is 456 g/mol. The lowest BCUT2D eigenvalue weighted by atomic mass is 10.2. The van der Waals surface area contributed by atoms with E-state index in [0.717, 1.165) is 11.4 Å². The van der Waals surface area contributed by atoms with E-state index in [0.29, 0.717) is 40.3 Å². The predicted octanol–water partition coefficient (Wildman–Crippen LogP) is 6.24. The maximum absolute atomic E-state index is 12.5. The van der Waals surface area contributed by atoms with Crippen molar-refractivity contribution in [3.63, 3.8) is 0 Å². The van der Waals surface area contributed by atoms with E-state index in [-0.39, 0.29) is 0 Å². The molecule has 1 aromatic heterocycles. The van der Waals surface area contributed by atoms with E-state index >= 15 is 0 Å². The Labute approximate surface area is 209 Å². The maximum atomic E-state index is 12.5. The van der Waals surface area contributed by atoms with Crippen LogP contribution in [0.2, 0.25) is 0 Å². The second kappa shape index (κ2) is 11.1. The molecule has 2 amide bonds. The lowest BCUT2D eigenvalue weighted by Gasteiger charge is -2.13. The van der Waals surface area contributed by atoms with Crippen molar-refractivity contribution >= 4 is 40.4 Å². The summed E-state index contributed by atoms with van der Waals surface area (Å²) in [5.74, 6) is 3.12. The number of ether oxygens (including phenoxy) is 2. The molecule has 36 heavy (non-hydrogen) atoms. The fraction of sp³-hybridized carbons (Fsp3) is 0.148. The van der Waals surface area contributed by atoms with Crippen molar-refractivity contribution in [2.45, 2.75) is 13.8 Å². The maximum Gasteiger partial charge on any atom is 0.323 e. The van der Waals surface area contributed by atoms with Crippen LogP contribution >= 0.6 is 0 Å². The van der Waals surface area contributed by atoms with Gasteiger partial charge in [0, 0.05) is 29.2 Å². The molecule has 0 aliphatic rings. The average molecular weight is 485 g/mol. The normalized spacial score (nSPS) is 10.3. The Morgan fingerprint density at radius 3 is 1.86 bits per heavy atom. The Morgan fingerprint density at radius 2 is 1.28 bits per heavy atom. The number of anilines is 6. The number of methoxy groups -OCH3 is 2. The van der Waals surface area contributed by atoms with Gasteiger partial charge in [-0.25, -0.2) is 14.8 Å². The van der Waals surface area contributed by atoms with E-state index in [1.165, 1.54) is 12.7 Å². The highest BCUT2D eigenvalue weighted by molar-refractivity contribution is 6.00. The summed E-state index contributed by atoms with van der Waals surface area (Å²) in [6.45, 7) is 3.89. The molecule has 4 N–H and O–H groups in total. The van der Waals surface area contributed by atoms with Crippen molar-refractivity contribution in [1.29, 1.82) is 0 Å². The average Bonchev–Trinajstić information content (AvgIpc) is 2.86. The number of carbonyl (C=O) groups excluding carboxylic acids is 1. The smallest absolute Gasteiger partial charge is 0.323 e. The van der Waals surface area contributed by atoms with E-state index in [4.69, 9.17) is 9.47 Å². The first kappa shape index (κ1) is 24.3. The SMILES string of the molecule is COc1ccc(OC)c(NC(=O)Nc2ccc(Nc3cc(Nc4ccc(C)cc4)nc(C)n3)cc2)c1. The number of amides is 2. The molecule has 0 aliphatic carbocycles. The quantitative estimate of drug-likeness (QED) is 0.234. The number of urea groups is 1. The van der Waals surface area contributed by atoms with Gasteiger partial charge in [0.05, 0.1) is 19.9 Å². The van der Waals surface area contributed by atoms with E-state index < -0.39 is 6.03 Å². The topological polar surface area (TPSA) is 109 Å². The lowest BCUT2D eigenvalue weighted by Crippen LogP contribution is -2.19. The van der Waals surface area contributed by atoms with Crippen molar-refractivity contribution in [3.8, 4) is 11.5 Å². The van der Waals surface area contributed by atoms with E-state index in [1.807, 2.05) is 56.3 Å². The van der Waals surface area contributed by atoms with E-state index in [2.05, 4.69) is 31.2 Å². The second-order valence-corrected chi connectivity index (χ2v) is 8.02. The molecule has 0 unspecified atom stereocenters. The minimum Gasteiger partial charge on any atom is -0.497 e. The van der Waals surface area contributed by atoms with Crippen LogP contribution in [-0.2, 0) is 0 Å². The van der Waals surface area contributed by atoms with Gasteiger partial charge >= 0.3 is 6.03 Å². The molecule has 0 saturated carbocycles. The van der Waals surface area contributed by atoms with Crippen LogP contribution in [0.15, 0.2) is 72.8 Å². The molecule has 0 aliphatic heterocycles. The number of nitrogens with one attached hydrogen (secondary N) is 4. The van der Waals surface area contributed by atoms with Crippen molar-refractivity contribution < 1.29 is 14.3 Å². The van der Waals surface area contributed by atoms with Crippen LogP contribution in [0.3, 0.4) is 0 Å². The third-order valence-electron chi connectivity index (χ3n) is 5.23. The Hall–Kier alpha value is -4.79. The number of nitrogens with zero attached hydrogens (tertiary/aromatic N) is 2. The van der Waals surface area contributed by atoms with Crippen LogP contribution < -0.4 is 30.7 Å². The van der Waals surface area contributed by atoms with Gasteiger partial charge in [-0.05, 0) is 62.4 Å². The summed E-state index contributed by atoms with van der Waals surface area (Å²) in [7, 11) is 3.10. The third kappa shape index (κ3) is 6.41. The van der Waals surface area contributed by atoms with Crippen LogP contribution in [0.5, 0.6) is 11.5 Å². The van der Waals surface area contributed by atoms with Crippen LogP contribution in [0.25, 0.3) is 0 Å². The molecule has 0 fully saturated rings. The molecule has 4 aromatic rings. The number of hydrogen-bond donors (Lipinski definition) is 4. The predicted molar refractivity (Wildman–Crippen MR) is 143 cm³/mol. The van der Waals surface area contributed by atoms with Crippen LogP contribution in [0, 0.1) is 13.8 Å². The molecule has 3 aromatic carbocycles. The molecule has 0 bridgehead atoms. The highest BCUT2D eigenvalue weighted by Gasteiger charge is 2.10. The summed E-state index contributed by atoms with van der Waals surface area (Å²) in [5, 5.41) is 12.2. The zero-order chi connectivity index (χ0) is 25.5. The number of rotatable bonds is 8. The van der Waals surface area contributed by atoms with Gasteiger partial charge in [-0.3, -0.25) is 0 Å². The summed E-state index contributed by atoms with van der Waals surface area (Å²) in [6.07, 6.45) is 0. The summed E-state index contributed by atoms with van der Waals surface area (Å²) in [4.78, 5) is 21.4. The van der Waals surface area contributed by atoms with Crippen molar-refractivity contribution in [2.24, 2.45) is 0 Å². The minimum atomic E-state index is -0.402. The first-order valence-corrected chi connectivity index (χ1v) is 11.3. The zero-order valence-corrected chi connectivity index (χ0v) is 20.5. The largest absolute Gasteiger partial charge is 0.497 e. The number of aryl methyl sites for hydroxylation is 2. The van der Waals surface area contributed by atoms with Gasteiger partial charge in [0.25, 0.3) is 0 Å². The molecule has 0 saturated heterocycles. The molecule has 1 heterocycles. The molecule has 0 atom stereocenters. The van der Waals surface area contributed by atoms with Gasteiger partial charge in [-0.2, -0.15) is 0 Å². The molecule has 0 spiro atoms. The Morgan fingerprint density at radius 1 is 0.694 bits per heavy atom. The third-order valence-corrected chi connectivity index (χ3v) is 5.23. The van der Waals surface area contributed by atoms with Gasteiger partial charge in [-0.1, -0.05) is 17.7 Å². The Kier molecular flexibility index (Phi) is 7.50. The summed E-state index contributed by atoms with van der Waals surface area (Å²) >= 11 is 0. The highest BCUT2D eigenvalue weighted by Crippen LogP contribution is 2.29. The Balaban J connectivity index is 1.39. The van der Waals surface area contributed by atoms with E-state index in [9.17, 15) is 4.79 Å². The van der Waals surface area contributed by atoms with Gasteiger partial charge in [-0.15, -0.1) is 0 Å². The molecular formula is C27H28N6O3. The zero-order valence-electron chi connectivity index (χ0n) is 20.5. The van der Waals surface area contributed by atoms with Crippen LogP contribution in [0.4, 0.5) is 39.2 Å². The van der Waals surface area contributed by atoms with E-state index in [1.54, 1.807) is 37.4 Å². The van der Waals surface area contributed by atoms with Gasteiger partial charge in [0.15, 0.2) is 0 Å². The first-order chi connectivity index (χ1) is 17.4. The minimum absolute atomic E-state index is 0.402. The second-order valence-electron chi connectivity index (χ2n) is 8.02. The number of aromatic nitrogens is 2. The summed E-state index contributed by atoms with van der Waals surface area (Å²) in [5.41, 5.74) is 4.08. The van der Waals surface area contributed by atoms with Gasteiger partial charge < -0.3 is 30.7 Å². The molecule has 0 radical (unpaired) electrons. The summed E-state index contributed by atoms with van der Waals surface area (Å²) in [6, 6.07) is 22.0. The number of benzene rings is 3. The number of hydrogen-bond acceptors (Lipinski definition) is 7. The molecule has 184 valence electrons. The fourth-order valence-corrected chi connectivity index (χ4v) is 3.46. The molecule has 9 heteroatoms. The Bertz CT molecular complexity index is 1340. The first-order valence-electron chi connectivity index (χ1n) is 11.3. The lowest BCUT2D eigenvalue weighted by molar-refractivity contribution is 0.262. The van der Waals surface area contributed by atoms with Gasteiger partial charge in [0.1, 0.15) is 29.0 Å². The number of carbonyl (C=O) groups is 1.